The van der Waals surface area contributed by atoms with Crippen molar-refractivity contribution in [3.63, 3.8) is 0 Å². The fourth-order valence-corrected chi connectivity index (χ4v) is 4.08. The third-order valence-corrected chi connectivity index (χ3v) is 5.68. The van der Waals surface area contributed by atoms with Crippen molar-refractivity contribution in [1.82, 2.24) is 10.2 Å². The lowest BCUT2D eigenvalue weighted by Crippen LogP contribution is -2.51. The number of rotatable bonds is 3. The minimum Gasteiger partial charge on any atom is -0.312 e. The van der Waals surface area contributed by atoms with Gasteiger partial charge in [-0.3, -0.25) is 4.90 Å². The molecule has 112 valence electrons. The summed E-state index contributed by atoms with van der Waals surface area (Å²) in [5.74, 6) is 0.798. The predicted molar refractivity (Wildman–Crippen MR) is 83.5 cm³/mol. The molecule has 3 unspecified atom stereocenters. The largest absolute Gasteiger partial charge is 0.312 e. The normalized spacial score (nSPS) is 34.7. The Hall–Kier alpha value is -0.0800. The molecule has 0 spiro atoms. The van der Waals surface area contributed by atoms with Gasteiger partial charge in [-0.2, -0.15) is 0 Å². The quantitative estimate of drug-likeness (QED) is 0.838. The molecule has 2 rings (SSSR count). The molecule has 1 aliphatic heterocycles. The number of hydrogen-bond acceptors (Lipinski definition) is 2. The van der Waals surface area contributed by atoms with Crippen LogP contribution in [0.3, 0.4) is 0 Å². The zero-order valence-electron chi connectivity index (χ0n) is 13.5. The maximum absolute atomic E-state index is 3.79. The van der Waals surface area contributed by atoms with Gasteiger partial charge >= 0.3 is 0 Å². The third-order valence-electron chi connectivity index (χ3n) is 5.68. The molecule has 1 saturated heterocycles. The van der Waals surface area contributed by atoms with E-state index in [1.807, 2.05) is 0 Å². The average molecular weight is 266 g/mol. The first-order valence-electron chi connectivity index (χ1n) is 8.52. The number of hydrogen-bond donors (Lipinski definition) is 1. The molecule has 0 aromatic carbocycles. The van der Waals surface area contributed by atoms with Gasteiger partial charge in [0.1, 0.15) is 0 Å². The Kier molecular flexibility index (Phi) is 5.30. The number of nitrogens with one attached hydrogen (secondary N) is 1. The molecule has 0 aromatic heterocycles. The van der Waals surface area contributed by atoms with Crippen LogP contribution >= 0.6 is 0 Å². The minimum absolute atomic E-state index is 0.516. The van der Waals surface area contributed by atoms with Crippen molar-refractivity contribution in [2.75, 3.05) is 19.6 Å². The zero-order chi connectivity index (χ0) is 13.9. The minimum atomic E-state index is 0.516. The van der Waals surface area contributed by atoms with Crippen LogP contribution in [-0.4, -0.2) is 36.6 Å². The Bertz CT molecular complexity index is 274. The van der Waals surface area contributed by atoms with Crippen molar-refractivity contribution in [1.29, 1.82) is 0 Å². The molecule has 1 N–H and O–H groups in total. The van der Waals surface area contributed by atoms with Crippen molar-refractivity contribution in [2.24, 2.45) is 11.3 Å². The zero-order valence-corrected chi connectivity index (χ0v) is 13.5. The van der Waals surface area contributed by atoms with Crippen molar-refractivity contribution in [3.8, 4) is 0 Å². The van der Waals surface area contributed by atoms with E-state index < -0.39 is 0 Å². The van der Waals surface area contributed by atoms with E-state index in [4.69, 9.17) is 0 Å². The summed E-state index contributed by atoms with van der Waals surface area (Å²) in [7, 11) is 0. The second-order valence-electron chi connectivity index (χ2n) is 7.54. The molecule has 0 radical (unpaired) electrons. The van der Waals surface area contributed by atoms with Gasteiger partial charge in [-0.15, -0.1) is 0 Å². The lowest BCUT2D eigenvalue weighted by Gasteiger charge is -2.46. The van der Waals surface area contributed by atoms with Gasteiger partial charge in [0.15, 0.2) is 0 Å². The molecular formula is C17H34N2. The van der Waals surface area contributed by atoms with Crippen molar-refractivity contribution in [2.45, 2.75) is 78.3 Å². The first-order chi connectivity index (χ1) is 9.04. The van der Waals surface area contributed by atoms with E-state index in [0.29, 0.717) is 11.5 Å². The van der Waals surface area contributed by atoms with E-state index in [2.05, 4.69) is 37.9 Å². The summed E-state index contributed by atoms with van der Waals surface area (Å²) in [5.41, 5.74) is 0.516. The smallest absolute Gasteiger partial charge is 0.0220 e. The summed E-state index contributed by atoms with van der Waals surface area (Å²) in [4.78, 5) is 2.83. The molecule has 0 amide bonds. The van der Waals surface area contributed by atoms with Crippen molar-refractivity contribution >= 4 is 0 Å². The van der Waals surface area contributed by atoms with Crippen LogP contribution in [0, 0.1) is 11.3 Å². The summed E-state index contributed by atoms with van der Waals surface area (Å²) >= 11 is 0. The molecule has 2 aliphatic rings. The highest BCUT2D eigenvalue weighted by Gasteiger charge is 2.37. The van der Waals surface area contributed by atoms with Crippen molar-refractivity contribution in [3.05, 3.63) is 0 Å². The molecule has 3 atom stereocenters. The van der Waals surface area contributed by atoms with Gasteiger partial charge in [-0.1, -0.05) is 47.0 Å². The lowest BCUT2D eigenvalue weighted by atomic mass is 9.72. The first kappa shape index (κ1) is 15.3. The van der Waals surface area contributed by atoms with Crippen LogP contribution in [0.2, 0.25) is 0 Å². The standard InChI is InChI=1S/C17H34N2/c1-5-14(2)15-13-19(12-8-11-18-15)16-9-6-7-10-17(16,3)4/h14-16,18H,5-13H2,1-4H3. The van der Waals surface area contributed by atoms with Crippen LogP contribution in [0.15, 0.2) is 0 Å². The van der Waals surface area contributed by atoms with Crippen LogP contribution in [0.25, 0.3) is 0 Å². The Morgan fingerprint density at radius 3 is 2.74 bits per heavy atom. The third kappa shape index (κ3) is 3.72. The first-order valence-corrected chi connectivity index (χ1v) is 8.52. The van der Waals surface area contributed by atoms with Gasteiger partial charge < -0.3 is 5.32 Å². The lowest BCUT2D eigenvalue weighted by molar-refractivity contribution is 0.0440. The Balaban J connectivity index is 2.04. The summed E-state index contributed by atoms with van der Waals surface area (Å²) in [6.07, 6.45) is 8.31. The highest BCUT2D eigenvalue weighted by atomic mass is 15.2. The van der Waals surface area contributed by atoms with Gasteiger partial charge in [0.05, 0.1) is 0 Å². The maximum Gasteiger partial charge on any atom is 0.0220 e. The molecule has 1 aliphatic carbocycles. The van der Waals surface area contributed by atoms with Crippen LogP contribution < -0.4 is 5.32 Å². The molecule has 2 heteroatoms. The van der Waals surface area contributed by atoms with Gasteiger partial charge in [-0.25, -0.2) is 0 Å². The summed E-state index contributed by atoms with van der Waals surface area (Å²) < 4.78 is 0. The number of nitrogens with zero attached hydrogens (tertiary/aromatic N) is 1. The van der Waals surface area contributed by atoms with Gasteiger partial charge in [-0.05, 0) is 43.7 Å². The molecule has 1 heterocycles. The maximum atomic E-state index is 3.79. The molecule has 0 aromatic rings. The van der Waals surface area contributed by atoms with Gasteiger partial charge in [0.2, 0.25) is 0 Å². The highest BCUT2D eigenvalue weighted by Crippen LogP contribution is 2.39. The fraction of sp³-hybridized carbons (Fsp3) is 1.00. The topological polar surface area (TPSA) is 15.3 Å². The molecule has 2 nitrogen and oxygen atoms in total. The van der Waals surface area contributed by atoms with Crippen molar-refractivity contribution < 1.29 is 0 Å². The molecule has 0 bridgehead atoms. The summed E-state index contributed by atoms with van der Waals surface area (Å²) in [6.45, 7) is 13.5. The highest BCUT2D eigenvalue weighted by molar-refractivity contribution is 4.92. The van der Waals surface area contributed by atoms with Crippen LogP contribution in [0.4, 0.5) is 0 Å². The Morgan fingerprint density at radius 1 is 1.26 bits per heavy atom. The van der Waals surface area contributed by atoms with Gasteiger partial charge in [0, 0.05) is 18.6 Å². The fourth-order valence-electron chi connectivity index (χ4n) is 4.08. The second kappa shape index (κ2) is 6.58. The van der Waals surface area contributed by atoms with E-state index in [1.165, 1.54) is 58.2 Å². The monoisotopic (exact) mass is 266 g/mol. The van der Waals surface area contributed by atoms with E-state index in [-0.39, 0.29) is 0 Å². The molecule has 1 saturated carbocycles. The Morgan fingerprint density at radius 2 is 2.05 bits per heavy atom. The predicted octanol–water partition coefficient (Wildman–Crippen LogP) is 3.67. The van der Waals surface area contributed by atoms with E-state index >= 15 is 0 Å². The molecule has 19 heavy (non-hydrogen) atoms. The van der Waals surface area contributed by atoms with E-state index in [1.54, 1.807) is 0 Å². The Labute approximate surface area is 120 Å². The average Bonchev–Trinajstić information content (AvgIpc) is 2.63. The molecular weight excluding hydrogens is 232 g/mol. The second-order valence-corrected chi connectivity index (χ2v) is 7.54. The molecule has 2 fully saturated rings. The summed E-state index contributed by atoms with van der Waals surface area (Å²) in [5, 5.41) is 3.79. The van der Waals surface area contributed by atoms with Crippen LogP contribution in [0.5, 0.6) is 0 Å². The van der Waals surface area contributed by atoms with Gasteiger partial charge in [0.25, 0.3) is 0 Å². The van der Waals surface area contributed by atoms with E-state index in [9.17, 15) is 0 Å². The van der Waals surface area contributed by atoms with E-state index in [0.717, 1.165) is 12.0 Å². The van der Waals surface area contributed by atoms with Crippen LogP contribution in [0.1, 0.15) is 66.2 Å². The SMILES string of the molecule is CCC(C)C1CN(C2CCCCC2(C)C)CCCN1. The summed E-state index contributed by atoms with van der Waals surface area (Å²) in [6, 6.07) is 1.51. The van der Waals surface area contributed by atoms with Crippen LogP contribution in [-0.2, 0) is 0 Å².